The fraction of sp³-hybridized carbons (Fsp3) is 0.467. The zero-order valence-corrected chi connectivity index (χ0v) is 10.7. The van der Waals surface area contributed by atoms with Crippen molar-refractivity contribution in [3.63, 3.8) is 0 Å². The Morgan fingerprint density at radius 3 is 2.65 bits per heavy atom. The van der Waals surface area contributed by atoms with Crippen molar-refractivity contribution in [2.75, 3.05) is 7.11 Å². The molecule has 0 fully saturated rings. The first-order valence-electron chi connectivity index (χ1n) is 6.33. The molecule has 2 aromatic rings. The van der Waals surface area contributed by atoms with Gasteiger partial charge in [-0.2, -0.15) is 0 Å². The van der Waals surface area contributed by atoms with E-state index in [9.17, 15) is 0 Å². The van der Waals surface area contributed by atoms with E-state index in [0.29, 0.717) is 5.92 Å². The molecule has 0 amide bonds. The average Bonchev–Trinajstić information content (AvgIpc) is 2.71. The zero-order valence-electron chi connectivity index (χ0n) is 10.7. The summed E-state index contributed by atoms with van der Waals surface area (Å²) in [5, 5.41) is 1.32. The van der Waals surface area contributed by atoms with Crippen molar-refractivity contribution in [2.24, 2.45) is 0 Å². The van der Waals surface area contributed by atoms with Crippen LogP contribution in [0.15, 0.2) is 16.5 Å². The van der Waals surface area contributed by atoms with Crippen molar-refractivity contribution < 1.29 is 9.15 Å². The van der Waals surface area contributed by atoms with Crippen LogP contribution < -0.4 is 4.74 Å². The summed E-state index contributed by atoms with van der Waals surface area (Å²) >= 11 is 0. The maximum absolute atomic E-state index is 6.02. The highest BCUT2D eigenvalue weighted by molar-refractivity contribution is 5.89. The van der Waals surface area contributed by atoms with Crippen LogP contribution in [0.5, 0.6) is 5.75 Å². The molecule has 0 N–H and O–H groups in total. The molecule has 1 aliphatic rings. The first-order valence-corrected chi connectivity index (χ1v) is 6.33. The van der Waals surface area contributed by atoms with Crippen LogP contribution >= 0.6 is 0 Å². The molecule has 1 heterocycles. The second-order valence-corrected chi connectivity index (χ2v) is 5.07. The van der Waals surface area contributed by atoms with Gasteiger partial charge in [0, 0.05) is 22.4 Å². The predicted octanol–water partition coefficient (Wildman–Crippen LogP) is 4.05. The molecule has 2 nitrogen and oxygen atoms in total. The van der Waals surface area contributed by atoms with Crippen molar-refractivity contribution in [1.82, 2.24) is 0 Å². The summed E-state index contributed by atoms with van der Waals surface area (Å²) in [6.07, 6.45) is 3.44. The van der Waals surface area contributed by atoms with Gasteiger partial charge >= 0.3 is 0 Å². The number of benzene rings is 1. The molecule has 0 saturated heterocycles. The molecule has 1 aromatic heterocycles. The van der Waals surface area contributed by atoms with Crippen molar-refractivity contribution in [2.45, 2.75) is 39.0 Å². The Hall–Kier alpha value is -1.44. The van der Waals surface area contributed by atoms with Crippen molar-refractivity contribution in [3.05, 3.63) is 29.0 Å². The van der Waals surface area contributed by atoms with Gasteiger partial charge in [0.2, 0.25) is 0 Å². The van der Waals surface area contributed by atoms with Gasteiger partial charge in [0.25, 0.3) is 0 Å². The minimum atomic E-state index is 0.453. The summed E-state index contributed by atoms with van der Waals surface area (Å²) in [4.78, 5) is 0. The number of hydrogen-bond acceptors (Lipinski definition) is 2. The predicted molar refractivity (Wildman–Crippen MR) is 68.9 cm³/mol. The van der Waals surface area contributed by atoms with Crippen LogP contribution in [0.1, 0.15) is 43.1 Å². The number of aryl methyl sites for hydroxylation is 2. The van der Waals surface area contributed by atoms with Crippen molar-refractivity contribution in [1.29, 1.82) is 0 Å². The molecule has 3 rings (SSSR count). The van der Waals surface area contributed by atoms with Crippen molar-refractivity contribution >= 4 is 11.0 Å². The summed E-state index contributed by atoms with van der Waals surface area (Å²) in [7, 11) is 1.75. The summed E-state index contributed by atoms with van der Waals surface area (Å²) < 4.78 is 11.5. The number of furan rings is 1. The van der Waals surface area contributed by atoms with E-state index in [1.165, 1.54) is 22.9 Å². The van der Waals surface area contributed by atoms with Crippen LogP contribution in [0.2, 0.25) is 0 Å². The van der Waals surface area contributed by atoms with E-state index in [4.69, 9.17) is 9.15 Å². The lowest BCUT2D eigenvalue weighted by Crippen LogP contribution is -2.03. The summed E-state index contributed by atoms with van der Waals surface area (Å²) in [6.45, 7) is 4.39. The van der Waals surface area contributed by atoms with Crippen LogP contribution in [0.4, 0.5) is 0 Å². The molecule has 17 heavy (non-hydrogen) atoms. The van der Waals surface area contributed by atoms with E-state index in [-0.39, 0.29) is 0 Å². The zero-order chi connectivity index (χ0) is 12.0. The van der Waals surface area contributed by atoms with E-state index in [1.807, 2.05) is 12.1 Å². The van der Waals surface area contributed by atoms with Gasteiger partial charge < -0.3 is 9.15 Å². The molecule has 0 atom stereocenters. The molecular formula is C15H18O2. The maximum atomic E-state index is 6.02. The minimum Gasteiger partial charge on any atom is -0.496 e. The van der Waals surface area contributed by atoms with E-state index < -0.39 is 0 Å². The first-order chi connectivity index (χ1) is 8.22. The third-order valence-electron chi connectivity index (χ3n) is 3.65. The number of rotatable bonds is 2. The van der Waals surface area contributed by atoms with E-state index in [1.54, 1.807) is 7.11 Å². The normalized spacial score (nSPS) is 14.6. The van der Waals surface area contributed by atoms with Gasteiger partial charge in [0.05, 0.1) is 7.11 Å². The Morgan fingerprint density at radius 2 is 1.94 bits per heavy atom. The Kier molecular flexibility index (Phi) is 2.39. The Labute approximate surface area is 102 Å². The molecule has 0 unspecified atom stereocenters. The van der Waals surface area contributed by atoms with Crippen LogP contribution in [0, 0.1) is 0 Å². The fourth-order valence-corrected chi connectivity index (χ4v) is 2.92. The van der Waals surface area contributed by atoms with Crippen LogP contribution in [-0.4, -0.2) is 7.11 Å². The topological polar surface area (TPSA) is 22.4 Å². The first kappa shape index (κ1) is 10.7. The Bertz CT molecular complexity index is 564. The second kappa shape index (κ2) is 3.80. The lowest BCUT2D eigenvalue weighted by Gasteiger charge is -2.15. The third kappa shape index (κ3) is 1.47. The molecule has 90 valence electrons. The van der Waals surface area contributed by atoms with Crippen LogP contribution in [0.3, 0.4) is 0 Å². The smallest absolute Gasteiger partial charge is 0.135 e. The highest BCUT2D eigenvalue weighted by Crippen LogP contribution is 2.40. The minimum absolute atomic E-state index is 0.453. The Balaban J connectivity index is 2.36. The molecule has 1 aliphatic carbocycles. The van der Waals surface area contributed by atoms with Gasteiger partial charge in [-0.1, -0.05) is 13.8 Å². The molecule has 2 heteroatoms. The van der Waals surface area contributed by atoms with Gasteiger partial charge in [-0.25, -0.2) is 0 Å². The van der Waals surface area contributed by atoms with Gasteiger partial charge in [0.1, 0.15) is 17.1 Å². The molecule has 0 aliphatic heterocycles. The number of ether oxygens (including phenoxy) is 1. The molecule has 0 saturated carbocycles. The van der Waals surface area contributed by atoms with Crippen LogP contribution in [-0.2, 0) is 12.8 Å². The summed E-state index contributed by atoms with van der Waals surface area (Å²) in [6, 6.07) is 4.07. The van der Waals surface area contributed by atoms with Crippen LogP contribution in [0.25, 0.3) is 11.0 Å². The molecule has 1 aromatic carbocycles. The largest absolute Gasteiger partial charge is 0.496 e. The SMILES string of the molecule is COc1ccc2oc(C(C)C)c3c2c1CCC3. The quantitative estimate of drug-likeness (QED) is 0.776. The standard InChI is InChI=1S/C15H18O2/c1-9(2)15-11-6-4-5-10-12(16-3)7-8-13(17-15)14(10)11/h7-9H,4-6H2,1-3H3. The van der Waals surface area contributed by atoms with E-state index >= 15 is 0 Å². The van der Waals surface area contributed by atoms with Crippen molar-refractivity contribution in [3.8, 4) is 5.75 Å². The third-order valence-corrected chi connectivity index (χ3v) is 3.65. The average molecular weight is 230 g/mol. The van der Waals surface area contributed by atoms with E-state index in [2.05, 4.69) is 13.8 Å². The van der Waals surface area contributed by atoms with Gasteiger partial charge in [-0.15, -0.1) is 0 Å². The number of hydrogen-bond donors (Lipinski definition) is 0. The summed E-state index contributed by atoms with van der Waals surface area (Å²) in [5.74, 6) is 2.62. The highest BCUT2D eigenvalue weighted by atomic mass is 16.5. The molecule has 0 bridgehead atoms. The fourth-order valence-electron chi connectivity index (χ4n) is 2.92. The highest BCUT2D eigenvalue weighted by Gasteiger charge is 2.24. The molecule has 0 radical (unpaired) electrons. The van der Waals surface area contributed by atoms with Gasteiger partial charge in [0.15, 0.2) is 0 Å². The Morgan fingerprint density at radius 1 is 1.18 bits per heavy atom. The van der Waals surface area contributed by atoms with Gasteiger partial charge in [-0.3, -0.25) is 0 Å². The molecular weight excluding hydrogens is 212 g/mol. The lowest BCUT2D eigenvalue weighted by atomic mass is 9.89. The second-order valence-electron chi connectivity index (χ2n) is 5.07. The van der Waals surface area contributed by atoms with E-state index in [0.717, 1.165) is 29.9 Å². The number of methoxy groups -OCH3 is 1. The summed E-state index contributed by atoms with van der Waals surface area (Å²) in [5.41, 5.74) is 3.77. The molecule has 0 spiro atoms. The van der Waals surface area contributed by atoms with Gasteiger partial charge in [-0.05, 0) is 31.4 Å². The monoisotopic (exact) mass is 230 g/mol. The maximum Gasteiger partial charge on any atom is 0.135 e. The lowest BCUT2D eigenvalue weighted by molar-refractivity contribution is 0.409.